The average molecular weight is 447 g/mol. The molecule has 1 atom stereocenters. The maximum absolute atomic E-state index is 13.8. The van der Waals surface area contributed by atoms with Crippen molar-refractivity contribution in [3.05, 3.63) is 95.2 Å². The fourth-order valence-electron chi connectivity index (χ4n) is 4.31. The van der Waals surface area contributed by atoms with Crippen LogP contribution in [-0.4, -0.2) is 37.1 Å². The number of ether oxygens (including phenoxy) is 1. The van der Waals surface area contributed by atoms with Crippen molar-refractivity contribution in [3.8, 4) is 5.75 Å². The highest BCUT2D eigenvalue weighted by molar-refractivity contribution is 7.89. The van der Waals surface area contributed by atoms with Gasteiger partial charge in [-0.3, -0.25) is 4.79 Å². The molecule has 162 valence electrons. The first-order valence-corrected chi connectivity index (χ1v) is 11.7. The molecule has 3 aromatic carbocycles. The molecule has 0 bridgehead atoms. The van der Waals surface area contributed by atoms with Gasteiger partial charge in [0, 0.05) is 16.5 Å². The predicted molar refractivity (Wildman–Crippen MR) is 123 cm³/mol. The number of hydrogen-bond acceptors (Lipinski definition) is 4. The topological polar surface area (TPSA) is 79.5 Å². The lowest BCUT2D eigenvalue weighted by Gasteiger charge is -2.34. The number of aromatic amines is 1. The smallest absolute Gasteiger partial charge is 0.244 e. The number of ketones is 1. The number of nitrogens with one attached hydrogen (secondary N) is 1. The number of rotatable bonds is 4. The number of aryl methyl sites for hydroxylation is 1. The van der Waals surface area contributed by atoms with Gasteiger partial charge in [0.1, 0.15) is 5.75 Å². The number of sulfonamides is 1. The molecular weight excluding hydrogens is 424 g/mol. The summed E-state index contributed by atoms with van der Waals surface area (Å²) < 4.78 is 34.1. The lowest BCUT2D eigenvalue weighted by molar-refractivity contribution is 0.0935. The molecule has 0 aliphatic carbocycles. The molecule has 32 heavy (non-hydrogen) atoms. The number of carbonyl (C=O) groups is 1. The van der Waals surface area contributed by atoms with E-state index in [1.807, 2.05) is 43.3 Å². The van der Waals surface area contributed by atoms with Gasteiger partial charge in [0.2, 0.25) is 10.0 Å². The molecule has 0 spiro atoms. The van der Waals surface area contributed by atoms with Crippen LogP contribution in [-0.2, 0) is 10.0 Å². The van der Waals surface area contributed by atoms with Gasteiger partial charge in [-0.1, -0.05) is 48.0 Å². The maximum atomic E-state index is 13.8. The van der Waals surface area contributed by atoms with Gasteiger partial charge in [-0.05, 0) is 42.8 Å². The minimum absolute atomic E-state index is 0.165. The third kappa shape index (κ3) is 3.21. The van der Waals surface area contributed by atoms with Crippen LogP contribution >= 0.6 is 0 Å². The maximum Gasteiger partial charge on any atom is 0.244 e. The molecule has 1 N–H and O–H groups in total. The van der Waals surface area contributed by atoms with Crippen molar-refractivity contribution < 1.29 is 17.9 Å². The largest absolute Gasteiger partial charge is 0.497 e. The van der Waals surface area contributed by atoms with Crippen LogP contribution in [0.4, 0.5) is 0 Å². The Hall–Kier alpha value is -3.42. The molecule has 6 nitrogen and oxygen atoms in total. The van der Waals surface area contributed by atoms with Crippen LogP contribution in [0.1, 0.15) is 33.2 Å². The Bertz CT molecular complexity index is 1420. The zero-order valence-electron chi connectivity index (χ0n) is 17.7. The molecule has 1 aliphatic rings. The third-order valence-corrected chi connectivity index (χ3v) is 7.77. The molecule has 1 aliphatic heterocycles. The average Bonchev–Trinajstić information content (AvgIpc) is 3.20. The highest BCUT2D eigenvalue weighted by Crippen LogP contribution is 2.42. The molecular formula is C25H22N2O4S. The monoisotopic (exact) mass is 446 g/mol. The fraction of sp³-hybridized carbons (Fsp3) is 0.160. The molecule has 0 saturated heterocycles. The Balaban J connectivity index is 1.75. The number of carbonyl (C=O) groups excluding carboxylic acids is 1. The van der Waals surface area contributed by atoms with E-state index in [4.69, 9.17) is 4.74 Å². The number of fused-ring (bicyclic) bond motifs is 3. The van der Waals surface area contributed by atoms with Crippen molar-refractivity contribution in [3.63, 3.8) is 0 Å². The van der Waals surface area contributed by atoms with E-state index in [9.17, 15) is 13.2 Å². The second-order valence-corrected chi connectivity index (χ2v) is 9.81. The fourth-order valence-corrected chi connectivity index (χ4v) is 5.85. The van der Waals surface area contributed by atoms with E-state index in [1.165, 1.54) is 4.31 Å². The minimum atomic E-state index is -3.95. The van der Waals surface area contributed by atoms with Crippen LogP contribution < -0.4 is 4.74 Å². The number of Topliss-reactive ketones (excluding diaryl/α,β-unsaturated/α-hetero) is 1. The molecule has 0 fully saturated rings. The number of methoxy groups -OCH3 is 1. The van der Waals surface area contributed by atoms with Gasteiger partial charge in [0.25, 0.3) is 0 Å². The number of benzene rings is 3. The van der Waals surface area contributed by atoms with Crippen molar-refractivity contribution in [2.75, 3.05) is 13.7 Å². The molecule has 7 heteroatoms. The molecule has 1 aromatic heterocycles. The molecule has 0 amide bonds. The lowest BCUT2D eigenvalue weighted by Crippen LogP contribution is -2.43. The van der Waals surface area contributed by atoms with Gasteiger partial charge < -0.3 is 9.72 Å². The van der Waals surface area contributed by atoms with Crippen molar-refractivity contribution in [1.82, 2.24) is 9.29 Å². The van der Waals surface area contributed by atoms with Gasteiger partial charge in [-0.15, -0.1) is 0 Å². The number of aromatic nitrogens is 1. The predicted octanol–water partition coefficient (Wildman–Crippen LogP) is 4.46. The van der Waals surface area contributed by atoms with Crippen LogP contribution in [0.2, 0.25) is 0 Å². The summed E-state index contributed by atoms with van der Waals surface area (Å²) in [5.74, 6) is 0.421. The van der Waals surface area contributed by atoms with Crippen LogP contribution in [0.3, 0.4) is 0 Å². The SMILES string of the molecule is COc1ccc(C2c3c([nH]c4ccccc34)C(=O)CN2S(=O)(=O)c2ccc(C)cc2)cc1. The summed E-state index contributed by atoms with van der Waals surface area (Å²) in [5, 5.41) is 0.834. The highest BCUT2D eigenvalue weighted by Gasteiger charge is 2.42. The van der Waals surface area contributed by atoms with E-state index in [2.05, 4.69) is 4.98 Å². The zero-order chi connectivity index (χ0) is 22.5. The Kier molecular flexibility index (Phi) is 4.87. The number of hydrogen-bond donors (Lipinski definition) is 1. The zero-order valence-corrected chi connectivity index (χ0v) is 18.5. The Morgan fingerprint density at radius 1 is 0.969 bits per heavy atom. The molecule has 2 heterocycles. The lowest BCUT2D eigenvalue weighted by atomic mass is 9.91. The number of para-hydroxylation sites is 1. The first-order chi connectivity index (χ1) is 15.4. The van der Waals surface area contributed by atoms with Gasteiger partial charge in [0.05, 0.1) is 30.3 Å². The van der Waals surface area contributed by atoms with Crippen LogP contribution in [0.25, 0.3) is 10.9 Å². The first kappa shape index (κ1) is 20.5. The minimum Gasteiger partial charge on any atom is -0.497 e. The van der Waals surface area contributed by atoms with Gasteiger partial charge in [-0.2, -0.15) is 4.31 Å². The molecule has 0 saturated carbocycles. The first-order valence-electron chi connectivity index (χ1n) is 10.3. The summed E-state index contributed by atoms with van der Waals surface area (Å²) in [6.07, 6.45) is 0. The summed E-state index contributed by atoms with van der Waals surface area (Å²) >= 11 is 0. The van der Waals surface area contributed by atoms with Crippen LogP contribution in [0.15, 0.2) is 77.7 Å². The van der Waals surface area contributed by atoms with E-state index >= 15 is 0 Å². The summed E-state index contributed by atoms with van der Waals surface area (Å²) in [6.45, 7) is 1.66. The second-order valence-electron chi connectivity index (χ2n) is 7.92. The van der Waals surface area contributed by atoms with Gasteiger partial charge in [-0.25, -0.2) is 8.42 Å². The standard InChI is InChI=1S/C25H22N2O4S/c1-16-7-13-19(14-8-16)32(29,30)27-15-22(28)24-23(20-5-3-4-6-21(20)26-24)25(27)17-9-11-18(31-2)12-10-17/h3-14,25-26H,15H2,1-2H3. The molecule has 0 radical (unpaired) electrons. The Labute approximate surface area is 186 Å². The summed E-state index contributed by atoms with van der Waals surface area (Å²) in [6, 6.07) is 20.9. The number of nitrogens with zero attached hydrogens (tertiary/aromatic N) is 1. The third-order valence-electron chi connectivity index (χ3n) is 5.95. The summed E-state index contributed by atoms with van der Waals surface area (Å²) in [5.41, 5.74) is 3.67. The van der Waals surface area contributed by atoms with Gasteiger partial charge in [0.15, 0.2) is 5.78 Å². The molecule has 5 rings (SSSR count). The van der Waals surface area contributed by atoms with E-state index in [1.54, 1.807) is 43.5 Å². The molecule has 1 unspecified atom stereocenters. The van der Waals surface area contributed by atoms with Crippen molar-refractivity contribution >= 4 is 26.7 Å². The van der Waals surface area contributed by atoms with Crippen molar-refractivity contribution in [2.24, 2.45) is 0 Å². The van der Waals surface area contributed by atoms with Crippen molar-refractivity contribution in [1.29, 1.82) is 0 Å². The van der Waals surface area contributed by atoms with E-state index in [-0.39, 0.29) is 17.2 Å². The quantitative estimate of drug-likeness (QED) is 0.502. The normalized spacial score (nSPS) is 16.8. The van der Waals surface area contributed by atoms with Crippen LogP contribution in [0, 0.1) is 6.92 Å². The van der Waals surface area contributed by atoms with E-state index in [0.717, 1.165) is 22.0 Å². The summed E-state index contributed by atoms with van der Waals surface area (Å²) in [4.78, 5) is 16.5. The van der Waals surface area contributed by atoms with Crippen LogP contribution in [0.5, 0.6) is 5.75 Å². The van der Waals surface area contributed by atoms with Crippen molar-refractivity contribution in [2.45, 2.75) is 17.9 Å². The Morgan fingerprint density at radius 3 is 2.34 bits per heavy atom. The molecule has 4 aromatic rings. The van der Waals surface area contributed by atoms with E-state index < -0.39 is 16.1 Å². The highest BCUT2D eigenvalue weighted by atomic mass is 32.2. The Morgan fingerprint density at radius 2 is 1.66 bits per heavy atom. The summed E-state index contributed by atoms with van der Waals surface area (Å²) in [7, 11) is -2.36. The van der Waals surface area contributed by atoms with Gasteiger partial charge >= 0.3 is 0 Å². The van der Waals surface area contributed by atoms with E-state index in [0.29, 0.717) is 17.0 Å². The second kappa shape index (κ2) is 7.62. The number of H-pyrrole nitrogens is 1.